The average molecular weight is 292 g/mol. The van der Waals surface area contributed by atoms with Crippen LogP contribution in [0.4, 0.5) is 0 Å². The van der Waals surface area contributed by atoms with Gasteiger partial charge >= 0.3 is 0 Å². The standard InChI is InChI=1S/C15H20N2O2S/c1-5-15(6-2,7-3)17-13(18)10-16-14(19)12-9-8-11(4)20-12/h1,8-9H,6-7,10H2,2-4H3,(H,16,19)(H,17,18). The van der Waals surface area contributed by atoms with Crippen LogP contribution in [-0.4, -0.2) is 23.9 Å². The van der Waals surface area contributed by atoms with Gasteiger partial charge in [0.15, 0.2) is 0 Å². The van der Waals surface area contributed by atoms with Crippen LogP contribution < -0.4 is 10.6 Å². The maximum Gasteiger partial charge on any atom is 0.261 e. The van der Waals surface area contributed by atoms with Crippen LogP contribution in [0, 0.1) is 19.3 Å². The van der Waals surface area contributed by atoms with Gasteiger partial charge in [-0.25, -0.2) is 0 Å². The van der Waals surface area contributed by atoms with Crippen molar-refractivity contribution in [2.45, 2.75) is 39.2 Å². The third-order valence-corrected chi connectivity index (χ3v) is 4.24. The van der Waals surface area contributed by atoms with Crippen LogP contribution in [0.2, 0.25) is 0 Å². The van der Waals surface area contributed by atoms with E-state index in [1.54, 1.807) is 6.07 Å². The van der Waals surface area contributed by atoms with Crippen molar-refractivity contribution in [1.29, 1.82) is 0 Å². The third-order valence-electron chi connectivity index (χ3n) is 3.24. The highest BCUT2D eigenvalue weighted by Gasteiger charge is 2.25. The predicted octanol–water partition coefficient (Wildman–Crippen LogP) is 2.09. The fourth-order valence-electron chi connectivity index (χ4n) is 1.78. The van der Waals surface area contributed by atoms with Crippen molar-refractivity contribution in [3.8, 4) is 12.3 Å². The Morgan fingerprint density at radius 2 is 2.00 bits per heavy atom. The first kappa shape index (κ1) is 16.3. The summed E-state index contributed by atoms with van der Waals surface area (Å²) >= 11 is 1.40. The van der Waals surface area contributed by atoms with E-state index >= 15 is 0 Å². The van der Waals surface area contributed by atoms with Crippen LogP contribution in [0.25, 0.3) is 0 Å². The lowest BCUT2D eigenvalue weighted by Crippen LogP contribution is -2.49. The molecule has 0 unspecified atom stereocenters. The lowest BCUT2D eigenvalue weighted by Gasteiger charge is -2.27. The molecular formula is C15H20N2O2S. The van der Waals surface area contributed by atoms with Gasteiger partial charge in [0.25, 0.3) is 5.91 Å². The number of aryl methyl sites for hydroxylation is 1. The van der Waals surface area contributed by atoms with Crippen molar-refractivity contribution in [2.75, 3.05) is 6.54 Å². The number of carbonyl (C=O) groups is 2. The largest absolute Gasteiger partial charge is 0.342 e. The molecule has 0 bridgehead atoms. The summed E-state index contributed by atoms with van der Waals surface area (Å²) in [7, 11) is 0. The van der Waals surface area contributed by atoms with Gasteiger partial charge in [-0.1, -0.05) is 19.8 Å². The minimum Gasteiger partial charge on any atom is -0.342 e. The molecule has 0 spiro atoms. The van der Waals surface area contributed by atoms with Gasteiger partial charge in [-0.2, -0.15) is 0 Å². The molecule has 1 aromatic heterocycles. The van der Waals surface area contributed by atoms with Gasteiger partial charge in [-0.3, -0.25) is 9.59 Å². The van der Waals surface area contributed by atoms with E-state index in [0.29, 0.717) is 17.7 Å². The smallest absolute Gasteiger partial charge is 0.261 e. The summed E-state index contributed by atoms with van der Waals surface area (Å²) in [4.78, 5) is 25.3. The van der Waals surface area contributed by atoms with Crippen LogP contribution >= 0.6 is 11.3 Å². The van der Waals surface area contributed by atoms with E-state index in [0.717, 1.165) is 4.88 Å². The molecule has 0 aliphatic rings. The average Bonchev–Trinajstić information content (AvgIpc) is 2.89. The number of hydrogen-bond donors (Lipinski definition) is 2. The lowest BCUT2D eigenvalue weighted by atomic mass is 9.94. The number of carbonyl (C=O) groups excluding carboxylic acids is 2. The molecule has 4 nitrogen and oxygen atoms in total. The molecule has 0 radical (unpaired) electrons. The quantitative estimate of drug-likeness (QED) is 0.789. The molecular weight excluding hydrogens is 272 g/mol. The van der Waals surface area contributed by atoms with Crippen molar-refractivity contribution in [2.24, 2.45) is 0 Å². The van der Waals surface area contributed by atoms with Crippen LogP contribution in [0.1, 0.15) is 41.2 Å². The predicted molar refractivity (Wildman–Crippen MR) is 81.7 cm³/mol. The Morgan fingerprint density at radius 3 is 2.45 bits per heavy atom. The first-order valence-corrected chi connectivity index (χ1v) is 7.41. The summed E-state index contributed by atoms with van der Waals surface area (Å²) in [6.07, 6.45) is 6.79. The summed E-state index contributed by atoms with van der Waals surface area (Å²) in [5.41, 5.74) is -0.624. The summed E-state index contributed by atoms with van der Waals surface area (Å²) in [6.45, 7) is 5.71. The van der Waals surface area contributed by atoms with Gasteiger partial charge in [0.05, 0.1) is 11.4 Å². The van der Waals surface area contributed by atoms with E-state index in [2.05, 4.69) is 16.6 Å². The van der Waals surface area contributed by atoms with Gasteiger partial charge in [0, 0.05) is 4.88 Å². The number of nitrogens with one attached hydrogen (secondary N) is 2. The molecule has 1 aromatic rings. The Kier molecular flexibility index (Phi) is 5.78. The highest BCUT2D eigenvalue weighted by molar-refractivity contribution is 7.13. The Bertz CT molecular complexity index is 524. The van der Waals surface area contributed by atoms with E-state index in [1.165, 1.54) is 11.3 Å². The summed E-state index contributed by atoms with van der Waals surface area (Å²) in [5, 5.41) is 5.40. The van der Waals surface area contributed by atoms with E-state index in [-0.39, 0.29) is 18.4 Å². The van der Waals surface area contributed by atoms with Gasteiger partial charge in [-0.05, 0) is 31.9 Å². The number of amides is 2. The molecule has 20 heavy (non-hydrogen) atoms. The molecule has 0 aromatic carbocycles. The van der Waals surface area contributed by atoms with Crippen molar-refractivity contribution in [1.82, 2.24) is 10.6 Å². The van der Waals surface area contributed by atoms with E-state index < -0.39 is 5.54 Å². The summed E-state index contributed by atoms with van der Waals surface area (Å²) < 4.78 is 0. The molecule has 0 fully saturated rings. The zero-order chi connectivity index (χ0) is 15.2. The highest BCUT2D eigenvalue weighted by Crippen LogP contribution is 2.15. The zero-order valence-corrected chi connectivity index (χ0v) is 12.9. The molecule has 2 amide bonds. The normalized spacial score (nSPS) is 10.7. The van der Waals surface area contributed by atoms with Crippen molar-refractivity contribution < 1.29 is 9.59 Å². The fraction of sp³-hybridized carbons (Fsp3) is 0.467. The topological polar surface area (TPSA) is 58.2 Å². The minimum absolute atomic E-state index is 0.0702. The molecule has 2 N–H and O–H groups in total. The summed E-state index contributed by atoms with van der Waals surface area (Å²) in [5.74, 6) is 2.12. The SMILES string of the molecule is C#CC(CC)(CC)NC(=O)CNC(=O)c1ccc(C)s1. The van der Waals surface area contributed by atoms with Gasteiger partial charge < -0.3 is 10.6 Å². The second-order valence-corrected chi connectivity index (χ2v) is 5.86. The first-order chi connectivity index (χ1) is 9.46. The van der Waals surface area contributed by atoms with Crippen molar-refractivity contribution in [3.05, 3.63) is 21.9 Å². The van der Waals surface area contributed by atoms with Gasteiger partial charge in [-0.15, -0.1) is 17.8 Å². The first-order valence-electron chi connectivity index (χ1n) is 6.59. The van der Waals surface area contributed by atoms with E-state index in [4.69, 9.17) is 6.42 Å². The fourth-order valence-corrected chi connectivity index (χ4v) is 2.57. The Hall–Kier alpha value is -1.80. The lowest BCUT2D eigenvalue weighted by molar-refractivity contribution is -0.121. The maximum absolute atomic E-state index is 11.9. The van der Waals surface area contributed by atoms with E-state index in [1.807, 2.05) is 26.8 Å². The zero-order valence-electron chi connectivity index (χ0n) is 12.1. The van der Waals surface area contributed by atoms with Crippen LogP contribution in [0.15, 0.2) is 12.1 Å². The van der Waals surface area contributed by atoms with E-state index in [9.17, 15) is 9.59 Å². The summed E-state index contributed by atoms with van der Waals surface area (Å²) in [6, 6.07) is 3.62. The van der Waals surface area contributed by atoms with Crippen molar-refractivity contribution >= 4 is 23.2 Å². The minimum atomic E-state index is -0.624. The Morgan fingerprint density at radius 1 is 1.35 bits per heavy atom. The molecule has 0 saturated heterocycles. The molecule has 1 heterocycles. The molecule has 0 aliphatic heterocycles. The van der Waals surface area contributed by atoms with Gasteiger partial charge in [0.2, 0.25) is 5.91 Å². The molecule has 0 aliphatic carbocycles. The van der Waals surface area contributed by atoms with Crippen LogP contribution in [0.3, 0.4) is 0 Å². The molecule has 1 rings (SSSR count). The number of hydrogen-bond acceptors (Lipinski definition) is 3. The molecule has 5 heteroatoms. The number of rotatable bonds is 6. The Balaban J connectivity index is 2.52. The number of thiophene rings is 1. The second-order valence-electron chi connectivity index (χ2n) is 4.57. The Labute approximate surface area is 124 Å². The third kappa shape index (κ3) is 4.10. The van der Waals surface area contributed by atoms with Crippen molar-refractivity contribution in [3.63, 3.8) is 0 Å². The second kappa shape index (κ2) is 7.11. The molecule has 0 saturated carbocycles. The van der Waals surface area contributed by atoms with Gasteiger partial charge in [0.1, 0.15) is 5.54 Å². The van der Waals surface area contributed by atoms with Crippen LogP contribution in [0.5, 0.6) is 0 Å². The highest BCUT2D eigenvalue weighted by atomic mass is 32.1. The number of terminal acetylenes is 1. The maximum atomic E-state index is 11.9. The molecule has 108 valence electrons. The monoisotopic (exact) mass is 292 g/mol. The van der Waals surface area contributed by atoms with Crippen LogP contribution in [-0.2, 0) is 4.79 Å². The molecule has 0 atom stereocenters.